The number of para-hydroxylation sites is 2. The first-order chi connectivity index (χ1) is 8.55. The Bertz CT molecular complexity index is 596. The quantitative estimate of drug-likeness (QED) is 0.544. The molecule has 0 amide bonds. The van der Waals surface area contributed by atoms with Gasteiger partial charge in [-0.25, -0.2) is 0 Å². The third-order valence-electron chi connectivity index (χ3n) is 3.07. The van der Waals surface area contributed by atoms with Gasteiger partial charge in [0.05, 0.1) is 9.79 Å². The first-order valence-electron chi connectivity index (χ1n) is 6.14. The molecule has 2 aromatic rings. The second-order valence-corrected chi connectivity index (χ2v) is 6.62. The van der Waals surface area contributed by atoms with Gasteiger partial charge in [-0.3, -0.25) is 0 Å². The number of ether oxygens (including phenoxy) is 1. The molecule has 0 aromatic heterocycles. The van der Waals surface area contributed by atoms with Crippen LogP contribution in [0.1, 0.15) is 26.3 Å². The summed E-state index contributed by atoms with van der Waals surface area (Å²) in [6, 6.07) is 14.6. The lowest BCUT2D eigenvalue weighted by molar-refractivity contribution is 0.431. The summed E-state index contributed by atoms with van der Waals surface area (Å²) < 4.78 is 6.11. The molecular formula is C16H16OS. The minimum Gasteiger partial charge on any atom is -0.455 e. The SMILES string of the molecule is CC(C)(C)c1cccc2c1Oc1ccccc1S2. The van der Waals surface area contributed by atoms with Crippen molar-refractivity contribution in [2.75, 3.05) is 0 Å². The van der Waals surface area contributed by atoms with Crippen LogP contribution in [0.3, 0.4) is 0 Å². The van der Waals surface area contributed by atoms with Crippen LogP contribution in [-0.4, -0.2) is 0 Å². The summed E-state index contributed by atoms with van der Waals surface area (Å²) in [6.45, 7) is 6.66. The molecule has 2 heteroatoms. The van der Waals surface area contributed by atoms with Gasteiger partial charge in [0.1, 0.15) is 11.5 Å². The Morgan fingerprint density at radius 2 is 1.61 bits per heavy atom. The second-order valence-electron chi connectivity index (χ2n) is 5.53. The highest BCUT2D eigenvalue weighted by Crippen LogP contribution is 2.50. The molecule has 0 spiro atoms. The van der Waals surface area contributed by atoms with Gasteiger partial charge in [0.25, 0.3) is 0 Å². The largest absolute Gasteiger partial charge is 0.455 e. The van der Waals surface area contributed by atoms with E-state index in [4.69, 9.17) is 4.74 Å². The Hall–Kier alpha value is -1.41. The molecule has 0 saturated heterocycles. The summed E-state index contributed by atoms with van der Waals surface area (Å²) in [4.78, 5) is 2.40. The van der Waals surface area contributed by atoms with Crippen LogP contribution in [0.15, 0.2) is 52.3 Å². The molecule has 1 aliphatic heterocycles. The lowest BCUT2D eigenvalue weighted by Crippen LogP contribution is -2.13. The third kappa shape index (κ3) is 1.91. The van der Waals surface area contributed by atoms with Crippen molar-refractivity contribution in [2.45, 2.75) is 36.0 Å². The van der Waals surface area contributed by atoms with Crippen molar-refractivity contribution in [3.05, 3.63) is 48.0 Å². The Labute approximate surface area is 112 Å². The van der Waals surface area contributed by atoms with E-state index in [1.165, 1.54) is 15.4 Å². The Kier molecular flexibility index (Phi) is 2.63. The highest BCUT2D eigenvalue weighted by Gasteiger charge is 2.25. The van der Waals surface area contributed by atoms with Crippen LogP contribution in [0.5, 0.6) is 11.5 Å². The second kappa shape index (κ2) is 4.06. The molecule has 1 heterocycles. The maximum Gasteiger partial charge on any atom is 0.145 e. The van der Waals surface area contributed by atoms with Gasteiger partial charge in [-0.2, -0.15) is 0 Å². The van der Waals surface area contributed by atoms with Gasteiger partial charge in [-0.05, 0) is 23.6 Å². The minimum atomic E-state index is 0.0954. The number of hydrogen-bond donors (Lipinski definition) is 0. The van der Waals surface area contributed by atoms with Gasteiger partial charge in [0.15, 0.2) is 0 Å². The van der Waals surface area contributed by atoms with Crippen molar-refractivity contribution in [2.24, 2.45) is 0 Å². The Morgan fingerprint density at radius 1 is 0.889 bits per heavy atom. The topological polar surface area (TPSA) is 9.23 Å². The third-order valence-corrected chi connectivity index (χ3v) is 4.17. The van der Waals surface area contributed by atoms with Crippen molar-refractivity contribution in [3.63, 3.8) is 0 Å². The zero-order chi connectivity index (χ0) is 12.8. The molecular weight excluding hydrogens is 240 g/mol. The van der Waals surface area contributed by atoms with Crippen molar-refractivity contribution in [1.29, 1.82) is 0 Å². The van der Waals surface area contributed by atoms with Gasteiger partial charge in [0, 0.05) is 5.56 Å². The molecule has 3 rings (SSSR count). The number of fused-ring (bicyclic) bond motifs is 2. The zero-order valence-corrected chi connectivity index (χ0v) is 11.7. The molecule has 0 saturated carbocycles. The van der Waals surface area contributed by atoms with Gasteiger partial charge in [-0.1, -0.05) is 56.8 Å². The summed E-state index contributed by atoms with van der Waals surface area (Å²) >= 11 is 1.79. The zero-order valence-electron chi connectivity index (χ0n) is 10.9. The molecule has 18 heavy (non-hydrogen) atoms. The van der Waals surface area contributed by atoms with Crippen LogP contribution in [0.2, 0.25) is 0 Å². The maximum atomic E-state index is 6.11. The molecule has 92 valence electrons. The van der Waals surface area contributed by atoms with Crippen LogP contribution >= 0.6 is 11.8 Å². The van der Waals surface area contributed by atoms with E-state index in [1.807, 2.05) is 18.2 Å². The lowest BCUT2D eigenvalue weighted by Gasteiger charge is -2.27. The molecule has 0 radical (unpaired) electrons. The highest BCUT2D eigenvalue weighted by atomic mass is 32.2. The van der Waals surface area contributed by atoms with E-state index in [1.54, 1.807) is 11.8 Å². The number of benzene rings is 2. The van der Waals surface area contributed by atoms with Crippen molar-refractivity contribution < 1.29 is 4.74 Å². The number of rotatable bonds is 0. The van der Waals surface area contributed by atoms with E-state index in [2.05, 4.69) is 45.0 Å². The van der Waals surface area contributed by atoms with E-state index < -0.39 is 0 Å². The van der Waals surface area contributed by atoms with E-state index in [9.17, 15) is 0 Å². The van der Waals surface area contributed by atoms with Crippen LogP contribution in [-0.2, 0) is 5.41 Å². The van der Waals surface area contributed by atoms with Crippen molar-refractivity contribution in [3.8, 4) is 11.5 Å². The molecule has 0 atom stereocenters. The smallest absolute Gasteiger partial charge is 0.145 e. The molecule has 2 aromatic carbocycles. The predicted molar refractivity (Wildman–Crippen MR) is 75.8 cm³/mol. The van der Waals surface area contributed by atoms with E-state index >= 15 is 0 Å². The fourth-order valence-electron chi connectivity index (χ4n) is 2.14. The van der Waals surface area contributed by atoms with E-state index in [0.717, 1.165) is 11.5 Å². The van der Waals surface area contributed by atoms with Crippen LogP contribution in [0, 0.1) is 0 Å². The van der Waals surface area contributed by atoms with Crippen LogP contribution in [0.4, 0.5) is 0 Å². The monoisotopic (exact) mass is 256 g/mol. The van der Waals surface area contributed by atoms with Gasteiger partial charge in [0.2, 0.25) is 0 Å². The normalized spacial score (nSPS) is 13.5. The maximum absolute atomic E-state index is 6.11. The fraction of sp³-hybridized carbons (Fsp3) is 0.250. The summed E-state index contributed by atoms with van der Waals surface area (Å²) in [5, 5.41) is 0. The molecule has 0 bridgehead atoms. The first-order valence-corrected chi connectivity index (χ1v) is 6.95. The minimum absolute atomic E-state index is 0.0954. The summed E-state index contributed by atoms with van der Waals surface area (Å²) in [7, 11) is 0. The molecule has 0 aliphatic carbocycles. The van der Waals surface area contributed by atoms with Gasteiger partial charge < -0.3 is 4.74 Å². The predicted octanol–water partition coefficient (Wildman–Crippen LogP) is 5.24. The molecule has 0 N–H and O–H groups in total. The van der Waals surface area contributed by atoms with Crippen molar-refractivity contribution in [1.82, 2.24) is 0 Å². The lowest BCUT2D eigenvalue weighted by atomic mass is 9.86. The Morgan fingerprint density at radius 3 is 2.39 bits per heavy atom. The Balaban J connectivity index is 2.14. The van der Waals surface area contributed by atoms with Gasteiger partial charge >= 0.3 is 0 Å². The van der Waals surface area contributed by atoms with E-state index in [-0.39, 0.29) is 5.41 Å². The average molecular weight is 256 g/mol. The molecule has 1 nitrogen and oxygen atoms in total. The molecule has 1 aliphatic rings. The van der Waals surface area contributed by atoms with Gasteiger partial charge in [-0.15, -0.1) is 0 Å². The van der Waals surface area contributed by atoms with Crippen molar-refractivity contribution >= 4 is 11.8 Å². The summed E-state index contributed by atoms with van der Waals surface area (Å²) in [5.74, 6) is 1.99. The number of hydrogen-bond acceptors (Lipinski definition) is 2. The first kappa shape index (κ1) is 11.7. The average Bonchev–Trinajstić information content (AvgIpc) is 2.34. The standard InChI is InChI=1S/C16H16OS/c1-16(2,3)11-7-6-10-14-15(11)17-12-8-4-5-9-13(12)18-14/h4-10H,1-3H3. The van der Waals surface area contributed by atoms with Crippen LogP contribution in [0.25, 0.3) is 0 Å². The fourth-order valence-corrected chi connectivity index (χ4v) is 3.12. The highest BCUT2D eigenvalue weighted by molar-refractivity contribution is 7.99. The van der Waals surface area contributed by atoms with E-state index in [0.29, 0.717) is 0 Å². The summed E-state index contributed by atoms with van der Waals surface area (Å²) in [5.41, 5.74) is 1.36. The van der Waals surface area contributed by atoms with Crippen LogP contribution < -0.4 is 4.74 Å². The molecule has 0 unspecified atom stereocenters. The summed E-state index contributed by atoms with van der Waals surface area (Å²) in [6.07, 6.45) is 0. The molecule has 0 fully saturated rings.